The first-order valence-corrected chi connectivity index (χ1v) is 6.37. The van der Waals surface area contributed by atoms with Gasteiger partial charge in [0.2, 0.25) is 0 Å². The normalized spacial score (nSPS) is 10.4. The van der Waals surface area contributed by atoms with Crippen molar-refractivity contribution in [2.45, 2.75) is 0 Å². The maximum absolute atomic E-state index is 11.2. The molecule has 0 atom stereocenters. The number of nitro groups is 1. The van der Waals surface area contributed by atoms with Gasteiger partial charge in [-0.25, -0.2) is 4.79 Å². The number of non-ortho nitro benzene ring substituents is 1. The van der Waals surface area contributed by atoms with Gasteiger partial charge in [0.1, 0.15) is 0 Å². The van der Waals surface area contributed by atoms with Crippen molar-refractivity contribution < 1.29 is 24.3 Å². The summed E-state index contributed by atoms with van der Waals surface area (Å²) in [5, 5.41) is 22.6. The fourth-order valence-corrected chi connectivity index (χ4v) is 1.82. The highest BCUT2D eigenvalue weighted by atomic mass is 35.5. The van der Waals surface area contributed by atoms with Crippen molar-refractivity contribution in [3.63, 3.8) is 0 Å². The van der Waals surface area contributed by atoms with E-state index in [9.17, 15) is 14.9 Å². The number of nitrogens with zero attached hydrogens (tertiary/aromatic N) is 1. The average Bonchev–Trinajstić information content (AvgIpc) is 2.43. The van der Waals surface area contributed by atoms with Crippen molar-refractivity contribution in [2.75, 3.05) is 38.8 Å². The van der Waals surface area contributed by atoms with Gasteiger partial charge in [0, 0.05) is 25.8 Å². The number of ether oxygens (including phenoxy) is 2. The number of rotatable bonds is 9. The van der Waals surface area contributed by atoms with Crippen LogP contribution in [0.1, 0.15) is 10.4 Å². The summed E-state index contributed by atoms with van der Waals surface area (Å²) < 4.78 is 10.0. The van der Waals surface area contributed by atoms with Gasteiger partial charge in [0.15, 0.2) is 0 Å². The Balaban J connectivity index is 2.76. The van der Waals surface area contributed by atoms with E-state index in [0.29, 0.717) is 26.4 Å². The molecule has 1 aromatic carbocycles. The van der Waals surface area contributed by atoms with Gasteiger partial charge in [-0.1, -0.05) is 11.6 Å². The quantitative estimate of drug-likeness (QED) is 0.407. The van der Waals surface area contributed by atoms with Crippen LogP contribution in [-0.2, 0) is 9.47 Å². The number of carboxylic acid groups (broad SMARTS) is 1. The van der Waals surface area contributed by atoms with E-state index in [1.165, 1.54) is 0 Å². The molecule has 0 fully saturated rings. The maximum Gasteiger partial charge on any atom is 0.338 e. The third-order valence-electron chi connectivity index (χ3n) is 2.50. The molecule has 0 aliphatic heterocycles. The van der Waals surface area contributed by atoms with Crippen molar-refractivity contribution >= 4 is 28.9 Å². The number of carbonyl (C=O) groups is 1. The van der Waals surface area contributed by atoms with Gasteiger partial charge in [-0.15, -0.1) is 0 Å². The highest BCUT2D eigenvalue weighted by molar-refractivity contribution is 6.34. The van der Waals surface area contributed by atoms with Gasteiger partial charge in [-0.2, -0.15) is 0 Å². The largest absolute Gasteiger partial charge is 0.478 e. The molecule has 2 N–H and O–H groups in total. The molecule has 0 heterocycles. The lowest BCUT2D eigenvalue weighted by molar-refractivity contribution is -0.384. The monoisotopic (exact) mass is 318 g/mol. The fraction of sp³-hybridized carbons (Fsp3) is 0.417. The first-order chi connectivity index (χ1) is 9.97. The molecule has 0 aliphatic carbocycles. The maximum atomic E-state index is 11.2. The minimum absolute atomic E-state index is 0.0292. The topological polar surface area (TPSA) is 111 Å². The third-order valence-corrected chi connectivity index (χ3v) is 2.79. The molecule has 0 aliphatic rings. The number of carboxylic acids is 1. The van der Waals surface area contributed by atoms with E-state index >= 15 is 0 Å². The van der Waals surface area contributed by atoms with E-state index in [4.69, 9.17) is 26.2 Å². The second-order valence-electron chi connectivity index (χ2n) is 3.94. The Hall–Kier alpha value is -1.90. The number of anilines is 1. The van der Waals surface area contributed by atoms with Gasteiger partial charge in [0.05, 0.1) is 41.0 Å². The van der Waals surface area contributed by atoms with Gasteiger partial charge in [0.25, 0.3) is 5.69 Å². The molecule has 116 valence electrons. The molecule has 0 unspecified atom stereocenters. The van der Waals surface area contributed by atoms with Gasteiger partial charge in [-0.05, 0) is 0 Å². The Kier molecular flexibility index (Phi) is 6.86. The van der Waals surface area contributed by atoms with Crippen LogP contribution < -0.4 is 5.32 Å². The predicted octanol–water partition coefficient (Wildman–Crippen LogP) is 2.02. The number of aromatic carboxylic acids is 1. The minimum Gasteiger partial charge on any atom is -0.478 e. The summed E-state index contributed by atoms with van der Waals surface area (Å²) in [6.07, 6.45) is 0. The van der Waals surface area contributed by atoms with Crippen LogP contribution in [0, 0.1) is 10.1 Å². The number of nitrogens with one attached hydrogen (secondary N) is 1. The van der Waals surface area contributed by atoms with E-state index in [-0.39, 0.29) is 22.0 Å². The van der Waals surface area contributed by atoms with Crippen LogP contribution >= 0.6 is 11.6 Å². The zero-order valence-electron chi connectivity index (χ0n) is 11.3. The Labute approximate surface area is 125 Å². The number of hydrogen-bond donors (Lipinski definition) is 2. The van der Waals surface area contributed by atoms with Crippen molar-refractivity contribution in [1.82, 2.24) is 0 Å². The summed E-state index contributed by atoms with van der Waals surface area (Å²) in [6, 6.07) is 2.06. The lowest BCUT2D eigenvalue weighted by Crippen LogP contribution is -2.14. The molecule has 0 saturated carbocycles. The SMILES string of the molecule is COCCOCCNc1c(Cl)cc([N+](=O)[O-])cc1C(=O)O. The lowest BCUT2D eigenvalue weighted by atomic mass is 10.1. The number of nitro benzene ring substituents is 1. The second kappa shape index (κ2) is 8.40. The molecule has 1 rings (SSSR count). The summed E-state index contributed by atoms with van der Waals surface area (Å²) in [7, 11) is 1.55. The van der Waals surface area contributed by atoms with E-state index in [1.54, 1.807) is 7.11 Å². The molecule has 0 amide bonds. The fourth-order valence-electron chi connectivity index (χ4n) is 1.54. The molecule has 1 aromatic rings. The van der Waals surface area contributed by atoms with Gasteiger partial charge < -0.3 is 19.9 Å². The van der Waals surface area contributed by atoms with Crippen LogP contribution in [0.25, 0.3) is 0 Å². The Morgan fingerprint density at radius 3 is 2.71 bits per heavy atom. The van der Waals surface area contributed by atoms with Crippen LogP contribution in [0.4, 0.5) is 11.4 Å². The smallest absolute Gasteiger partial charge is 0.338 e. The zero-order valence-corrected chi connectivity index (χ0v) is 12.1. The number of hydrogen-bond acceptors (Lipinski definition) is 6. The molecule has 0 aromatic heterocycles. The van der Waals surface area contributed by atoms with Gasteiger partial charge >= 0.3 is 5.97 Å². The molecular weight excluding hydrogens is 304 g/mol. The van der Waals surface area contributed by atoms with E-state index in [0.717, 1.165) is 12.1 Å². The highest BCUT2D eigenvalue weighted by Crippen LogP contribution is 2.31. The Morgan fingerprint density at radius 1 is 1.43 bits per heavy atom. The van der Waals surface area contributed by atoms with Crippen molar-refractivity contribution in [1.29, 1.82) is 0 Å². The van der Waals surface area contributed by atoms with E-state index < -0.39 is 10.9 Å². The van der Waals surface area contributed by atoms with Crippen LogP contribution in [0.5, 0.6) is 0 Å². The van der Waals surface area contributed by atoms with Crippen LogP contribution in [0.15, 0.2) is 12.1 Å². The summed E-state index contributed by atoms with van der Waals surface area (Å²) in [4.78, 5) is 21.2. The van der Waals surface area contributed by atoms with Crippen LogP contribution in [-0.4, -0.2) is 49.5 Å². The number of halogens is 1. The summed E-state index contributed by atoms with van der Waals surface area (Å²) in [5.74, 6) is -1.30. The third kappa shape index (κ3) is 5.18. The first-order valence-electron chi connectivity index (χ1n) is 5.99. The molecule has 9 heteroatoms. The lowest BCUT2D eigenvalue weighted by Gasteiger charge is -2.11. The summed E-state index contributed by atoms with van der Waals surface area (Å²) >= 11 is 5.89. The van der Waals surface area contributed by atoms with Gasteiger partial charge in [-0.3, -0.25) is 10.1 Å². The van der Waals surface area contributed by atoms with Crippen LogP contribution in [0.3, 0.4) is 0 Å². The molecular formula is C12H15ClN2O6. The van der Waals surface area contributed by atoms with Crippen molar-refractivity contribution in [2.24, 2.45) is 0 Å². The Bertz CT molecular complexity index is 523. The standard InChI is InChI=1S/C12H15ClN2O6/c1-20-4-5-21-3-2-14-11-9(12(16)17)6-8(15(18)19)7-10(11)13/h6-7,14H,2-5H2,1H3,(H,16,17). The van der Waals surface area contributed by atoms with Crippen LogP contribution in [0.2, 0.25) is 5.02 Å². The van der Waals surface area contributed by atoms with E-state index in [1.807, 2.05) is 0 Å². The molecule has 21 heavy (non-hydrogen) atoms. The van der Waals surface area contributed by atoms with Crippen molar-refractivity contribution in [3.8, 4) is 0 Å². The number of benzene rings is 1. The molecule has 0 radical (unpaired) electrons. The Morgan fingerprint density at radius 2 is 2.14 bits per heavy atom. The number of methoxy groups -OCH3 is 1. The molecule has 0 saturated heterocycles. The highest BCUT2D eigenvalue weighted by Gasteiger charge is 2.19. The molecule has 0 spiro atoms. The van der Waals surface area contributed by atoms with E-state index in [2.05, 4.69) is 5.32 Å². The molecule has 0 bridgehead atoms. The summed E-state index contributed by atoms with van der Waals surface area (Å²) in [5.41, 5.74) is -0.504. The predicted molar refractivity (Wildman–Crippen MR) is 76.3 cm³/mol. The summed E-state index contributed by atoms with van der Waals surface area (Å²) in [6.45, 7) is 1.49. The first kappa shape index (κ1) is 17.2. The van der Waals surface area contributed by atoms with Crippen molar-refractivity contribution in [3.05, 3.63) is 32.8 Å². The average molecular weight is 319 g/mol. The second-order valence-corrected chi connectivity index (χ2v) is 4.35. The minimum atomic E-state index is -1.30. The molecule has 8 nitrogen and oxygen atoms in total. The zero-order chi connectivity index (χ0) is 15.8.